The van der Waals surface area contributed by atoms with Crippen LogP contribution in [0, 0.1) is 0 Å². The summed E-state index contributed by atoms with van der Waals surface area (Å²) in [7, 11) is 0. The molecule has 4 aromatic rings. The molecule has 0 spiro atoms. The Morgan fingerprint density at radius 3 is 2.17 bits per heavy atom. The van der Waals surface area contributed by atoms with Crippen molar-refractivity contribution in [1.82, 2.24) is 5.32 Å². The van der Waals surface area contributed by atoms with Crippen LogP contribution in [0.3, 0.4) is 0 Å². The fraction of sp³-hybridized carbons (Fsp3) is 0.143. The van der Waals surface area contributed by atoms with Gasteiger partial charge in [-0.3, -0.25) is 4.79 Å². The largest absolute Gasteiger partial charge is 0.507 e. The highest BCUT2D eigenvalue weighted by Crippen LogP contribution is 2.25. The van der Waals surface area contributed by atoms with Crippen molar-refractivity contribution in [1.29, 1.82) is 0 Å². The number of phenols is 1. The van der Waals surface area contributed by atoms with Gasteiger partial charge in [-0.15, -0.1) is 0 Å². The van der Waals surface area contributed by atoms with Crippen molar-refractivity contribution >= 4 is 34.2 Å². The zero-order valence-corrected chi connectivity index (χ0v) is 19.5. The van der Waals surface area contributed by atoms with Crippen molar-refractivity contribution in [2.24, 2.45) is 0 Å². The van der Waals surface area contributed by atoms with E-state index in [-0.39, 0.29) is 17.7 Å². The van der Waals surface area contributed by atoms with Gasteiger partial charge in [0.2, 0.25) is 0 Å². The van der Waals surface area contributed by atoms with Crippen LogP contribution in [-0.4, -0.2) is 34.7 Å². The number of benzene rings is 4. The average molecular weight is 490 g/mol. The maximum Gasteiger partial charge on any atom is 0.326 e. The van der Waals surface area contributed by atoms with Crippen molar-refractivity contribution in [3.8, 4) is 11.5 Å². The number of amides is 1. The highest BCUT2D eigenvalue weighted by atomic mass is 35.5. The quantitative estimate of drug-likeness (QED) is 0.298. The normalized spacial score (nSPS) is 11.7. The van der Waals surface area contributed by atoms with Crippen LogP contribution in [0.5, 0.6) is 11.5 Å². The van der Waals surface area contributed by atoms with Gasteiger partial charge in [0.15, 0.2) is 0 Å². The molecule has 0 fully saturated rings. The summed E-state index contributed by atoms with van der Waals surface area (Å²) in [6, 6.07) is 23.8. The Labute approximate surface area is 207 Å². The maximum absolute atomic E-state index is 12.8. The van der Waals surface area contributed by atoms with Crippen LogP contribution in [0.2, 0.25) is 5.02 Å². The average Bonchev–Trinajstić information content (AvgIpc) is 2.85. The smallest absolute Gasteiger partial charge is 0.326 e. The fourth-order valence-electron chi connectivity index (χ4n) is 3.74. The van der Waals surface area contributed by atoms with E-state index in [4.69, 9.17) is 16.3 Å². The van der Waals surface area contributed by atoms with Crippen molar-refractivity contribution in [3.63, 3.8) is 0 Å². The van der Waals surface area contributed by atoms with Crippen LogP contribution in [0.15, 0.2) is 84.9 Å². The second kappa shape index (κ2) is 10.9. The zero-order chi connectivity index (χ0) is 24.8. The molecule has 1 atom stereocenters. The van der Waals surface area contributed by atoms with Crippen LogP contribution in [-0.2, 0) is 17.6 Å². The highest BCUT2D eigenvalue weighted by Gasteiger charge is 2.23. The molecule has 0 saturated carbocycles. The van der Waals surface area contributed by atoms with E-state index in [1.165, 1.54) is 6.07 Å². The summed E-state index contributed by atoms with van der Waals surface area (Å²) >= 11 is 5.90. The number of nitrogens with one attached hydrogen (secondary N) is 1. The summed E-state index contributed by atoms with van der Waals surface area (Å²) in [5, 5.41) is 24.7. The van der Waals surface area contributed by atoms with Gasteiger partial charge in [0.05, 0.1) is 12.2 Å². The number of carbonyl (C=O) groups excluding carboxylic acids is 1. The van der Waals surface area contributed by atoms with Crippen LogP contribution in [0.1, 0.15) is 21.5 Å². The third-order valence-corrected chi connectivity index (χ3v) is 5.90. The molecule has 1 amide bonds. The second-order valence-corrected chi connectivity index (χ2v) is 8.59. The summed E-state index contributed by atoms with van der Waals surface area (Å²) in [6.45, 7) is 0.490. The fourth-order valence-corrected chi connectivity index (χ4v) is 3.87. The Balaban J connectivity index is 1.36. The molecule has 0 unspecified atom stereocenters. The minimum Gasteiger partial charge on any atom is -0.507 e. The van der Waals surface area contributed by atoms with Gasteiger partial charge in [-0.1, -0.05) is 60.1 Å². The molecule has 0 radical (unpaired) electrons. The summed E-state index contributed by atoms with van der Waals surface area (Å²) in [5.41, 5.74) is 1.87. The summed E-state index contributed by atoms with van der Waals surface area (Å²) in [4.78, 5) is 24.6. The lowest BCUT2D eigenvalue weighted by Crippen LogP contribution is -2.42. The Morgan fingerprint density at radius 2 is 1.51 bits per heavy atom. The third kappa shape index (κ3) is 6.31. The molecule has 4 rings (SSSR count). The molecule has 0 aliphatic heterocycles. The number of ether oxygens (including phenoxy) is 1. The first-order valence-corrected chi connectivity index (χ1v) is 11.5. The molecule has 6 nitrogen and oxygen atoms in total. The molecule has 0 saturated heterocycles. The van der Waals surface area contributed by atoms with E-state index >= 15 is 0 Å². The first-order valence-electron chi connectivity index (χ1n) is 11.1. The minimum atomic E-state index is -1.16. The number of aliphatic carboxylic acids is 1. The molecule has 0 bridgehead atoms. The molecule has 0 aliphatic rings. The predicted molar refractivity (Wildman–Crippen MR) is 135 cm³/mol. The standard InChI is InChI=1S/C28H24ClNO5/c29-22-9-5-18(6-10-22)13-14-35-23-11-7-19(8-12-23)15-25(28(33)34)30-27(32)24-16-20-3-1-2-4-21(20)17-26(24)31/h1-12,16-17,25,31H,13-15H2,(H,30,32)(H,33,34)/t25-/m0/s1. The van der Waals surface area contributed by atoms with Gasteiger partial charge in [0.25, 0.3) is 5.91 Å². The zero-order valence-electron chi connectivity index (χ0n) is 18.8. The van der Waals surface area contributed by atoms with Crippen LogP contribution < -0.4 is 10.1 Å². The monoisotopic (exact) mass is 489 g/mol. The Kier molecular flexibility index (Phi) is 7.53. The van der Waals surface area contributed by atoms with Crippen molar-refractivity contribution in [2.75, 3.05) is 6.61 Å². The first kappa shape index (κ1) is 24.1. The van der Waals surface area contributed by atoms with E-state index in [0.717, 1.165) is 28.3 Å². The summed E-state index contributed by atoms with van der Waals surface area (Å²) in [5.74, 6) is -1.35. The van der Waals surface area contributed by atoms with E-state index in [2.05, 4.69) is 5.32 Å². The van der Waals surface area contributed by atoms with Gasteiger partial charge in [0, 0.05) is 17.9 Å². The predicted octanol–water partition coefficient (Wildman–Crippen LogP) is 5.25. The summed E-state index contributed by atoms with van der Waals surface area (Å²) in [6.07, 6.45) is 0.814. The van der Waals surface area contributed by atoms with Crippen molar-refractivity contribution in [3.05, 3.63) is 107 Å². The number of rotatable bonds is 9. The van der Waals surface area contributed by atoms with Crippen molar-refractivity contribution < 1.29 is 24.5 Å². The van der Waals surface area contributed by atoms with E-state index < -0.39 is 17.9 Å². The Morgan fingerprint density at radius 1 is 0.886 bits per heavy atom. The van der Waals surface area contributed by atoms with E-state index in [1.807, 2.05) is 48.5 Å². The molecule has 0 aromatic heterocycles. The van der Waals surface area contributed by atoms with E-state index in [1.54, 1.807) is 30.3 Å². The SMILES string of the molecule is O=C(N[C@@H](Cc1ccc(OCCc2ccc(Cl)cc2)cc1)C(=O)O)c1cc2ccccc2cc1O. The van der Waals surface area contributed by atoms with Crippen LogP contribution in [0.4, 0.5) is 0 Å². The van der Waals surface area contributed by atoms with Crippen LogP contribution >= 0.6 is 11.6 Å². The van der Waals surface area contributed by atoms with Crippen molar-refractivity contribution in [2.45, 2.75) is 18.9 Å². The van der Waals surface area contributed by atoms with E-state index in [0.29, 0.717) is 17.4 Å². The number of phenolic OH excluding ortho intramolecular Hbond substituents is 1. The first-order chi connectivity index (χ1) is 16.9. The van der Waals surface area contributed by atoms with Crippen LogP contribution in [0.25, 0.3) is 10.8 Å². The topological polar surface area (TPSA) is 95.9 Å². The molecule has 35 heavy (non-hydrogen) atoms. The number of hydrogen-bond donors (Lipinski definition) is 3. The van der Waals surface area contributed by atoms with Gasteiger partial charge >= 0.3 is 5.97 Å². The third-order valence-electron chi connectivity index (χ3n) is 5.65. The lowest BCUT2D eigenvalue weighted by atomic mass is 10.0. The molecule has 4 aromatic carbocycles. The van der Waals surface area contributed by atoms with Gasteiger partial charge in [-0.05, 0) is 58.3 Å². The maximum atomic E-state index is 12.8. The van der Waals surface area contributed by atoms with Gasteiger partial charge < -0.3 is 20.3 Å². The van der Waals surface area contributed by atoms with E-state index in [9.17, 15) is 19.8 Å². The number of carbonyl (C=O) groups is 2. The number of fused-ring (bicyclic) bond motifs is 1. The lowest BCUT2D eigenvalue weighted by molar-refractivity contribution is -0.139. The molecular formula is C28H24ClNO5. The minimum absolute atomic E-state index is 0.0272. The molecule has 178 valence electrons. The highest BCUT2D eigenvalue weighted by molar-refractivity contribution is 6.30. The summed E-state index contributed by atoms with van der Waals surface area (Å²) < 4.78 is 5.77. The number of carboxylic acid groups (broad SMARTS) is 1. The molecule has 7 heteroatoms. The molecule has 0 heterocycles. The van der Waals surface area contributed by atoms with Gasteiger partial charge in [-0.2, -0.15) is 0 Å². The lowest BCUT2D eigenvalue weighted by Gasteiger charge is -2.16. The number of halogens is 1. The molecule has 3 N–H and O–H groups in total. The number of carboxylic acids is 1. The Hall–Kier alpha value is -4.03. The molecule has 0 aliphatic carbocycles. The Bertz CT molecular complexity index is 1340. The van der Waals surface area contributed by atoms with Gasteiger partial charge in [-0.25, -0.2) is 4.79 Å². The van der Waals surface area contributed by atoms with Gasteiger partial charge in [0.1, 0.15) is 17.5 Å². The number of aromatic hydroxyl groups is 1. The number of hydrogen-bond acceptors (Lipinski definition) is 4. The second-order valence-electron chi connectivity index (χ2n) is 8.15. The molecular weight excluding hydrogens is 466 g/mol.